The standard InChI is InChI=1S/C27H34N10/c1-3-26-13-15-36(32-30-24-9-5-22(17-28)6-10-24)20-34(26)19-35-21-37(16-14-27(35)4-2)33-31-25-11-7-23(18-29)8-12-25/h5-12,26-27H,3-4,13-16,19-21H2,1-2H3. The van der Waals surface area contributed by atoms with E-state index in [0.29, 0.717) is 23.2 Å². The van der Waals surface area contributed by atoms with Gasteiger partial charge in [-0.1, -0.05) is 24.3 Å². The van der Waals surface area contributed by atoms with Crippen molar-refractivity contribution in [3.05, 3.63) is 59.7 Å². The Kier molecular flexibility index (Phi) is 9.14. The molecule has 0 saturated carbocycles. The molecule has 0 spiro atoms. The predicted molar refractivity (Wildman–Crippen MR) is 140 cm³/mol. The molecular weight excluding hydrogens is 464 g/mol. The second-order valence-electron chi connectivity index (χ2n) is 9.46. The van der Waals surface area contributed by atoms with E-state index in [1.54, 1.807) is 24.3 Å². The molecule has 0 aliphatic carbocycles. The molecule has 2 atom stereocenters. The molecule has 2 aromatic rings. The van der Waals surface area contributed by atoms with E-state index < -0.39 is 0 Å². The molecule has 2 aliphatic heterocycles. The minimum absolute atomic E-state index is 0.495. The van der Waals surface area contributed by atoms with E-state index in [1.807, 2.05) is 34.3 Å². The molecule has 10 heteroatoms. The lowest BCUT2D eigenvalue weighted by Gasteiger charge is -2.46. The van der Waals surface area contributed by atoms with Gasteiger partial charge in [-0.3, -0.25) is 19.8 Å². The fraction of sp³-hybridized carbons (Fsp3) is 0.481. The lowest BCUT2D eigenvalue weighted by atomic mass is 10.1. The van der Waals surface area contributed by atoms with Crippen LogP contribution in [0, 0.1) is 22.7 Å². The van der Waals surface area contributed by atoms with Crippen LogP contribution in [-0.4, -0.2) is 65.0 Å². The van der Waals surface area contributed by atoms with Crippen LogP contribution in [0.2, 0.25) is 0 Å². The maximum Gasteiger partial charge on any atom is 0.0991 e. The number of nitrogens with zero attached hydrogens (tertiary/aromatic N) is 10. The van der Waals surface area contributed by atoms with Crippen molar-refractivity contribution < 1.29 is 0 Å². The highest BCUT2D eigenvalue weighted by atomic mass is 15.6. The van der Waals surface area contributed by atoms with E-state index in [9.17, 15) is 0 Å². The van der Waals surface area contributed by atoms with Crippen molar-refractivity contribution in [2.45, 2.75) is 51.6 Å². The minimum Gasteiger partial charge on any atom is -0.268 e. The molecule has 2 saturated heterocycles. The Hall–Kier alpha value is -3.86. The Morgan fingerprint density at radius 2 is 1.11 bits per heavy atom. The van der Waals surface area contributed by atoms with Gasteiger partial charge in [0.25, 0.3) is 0 Å². The summed E-state index contributed by atoms with van der Waals surface area (Å²) in [5.41, 5.74) is 2.72. The monoisotopic (exact) mass is 498 g/mol. The summed E-state index contributed by atoms with van der Waals surface area (Å²) < 4.78 is 0. The maximum atomic E-state index is 8.98. The summed E-state index contributed by atoms with van der Waals surface area (Å²) in [6.07, 6.45) is 4.26. The van der Waals surface area contributed by atoms with E-state index in [0.717, 1.165) is 70.2 Å². The van der Waals surface area contributed by atoms with Crippen molar-refractivity contribution in [2.24, 2.45) is 20.7 Å². The number of benzene rings is 2. The number of hydrogen-bond donors (Lipinski definition) is 0. The van der Waals surface area contributed by atoms with Crippen LogP contribution in [0.4, 0.5) is 11.4 Å². The normalized spacial score (nSPS) is 21.4. The first-order chi connectivity index (χ1) is 18.1. The van der Waals surface area contributed by atoms with Gasteiger partial charge in [-0.2, -0.15) is 10.5 Å². The van der Waals surface area contributed by atoms with Gasteiger partial charge in [0, 0.05) is 25.2 Å². The van der Waals surface area contributed by atoms with Crippen LogP contribution in [-0.2, 0) is 0 Å². The van der Waals surface area contributed by atoms with Crippen molar-refractivity contribution in [2.75, 3.05) is 33.1 Å². The van der Waals surface area contributed by atoms with Crippen molar-refractivity contribution in [1.29, 1.82) is 10.5 Å². The summed E-state index contributed by atoms with van der Waals surface area (Å²) in [5.74, 6) is 0. The topological polar surface area (TPSA) is 110 Å². The predicted octanol–water partition coefficient (Wildman–Crippen LogP) is 5.57. The van der Waals surface area contributed by atoms with Gasteiger partial charge < -0.3 is 0 Å². The summed E-state index contributed by atoms with van der Waals surface area (Å²) >= 11 is 0. The maximum absolute atomic E-state index is 8.98. The Labute approximate surface area is 219 Å². The van der Waals surface area contributed by atoms with Crippen LogP contribution < -0.4 is 0 Å². The van der Waals surface area contributed by atoms with Gasteiger partial charge in [-0.25, -0.2) is 0 Å². The summed E-state index contributed by atoms with van der Waals surface area (Å²) in [7, 11) is 0. The smallest absolute Gasteiger partial charge is 0.0991 e. The zero-order valence-corrected chi connectivity index (χ0v) is 21.6. The van der Waals surface area contributed by atoms with Crippen LogP contribution in [0.3, 0.4) is 0 Å². The SMILES string of the molecule is CCC1CCN(N=Nc2ccc(C#N)cc2)CN1CN1CN(N=Nc2ccc(C#N)cc2)CCC1CC. The van der Waals surface area contributed by atoms with Gasteiger partial charge in [0.1, 0.15) is 0 Å². The average Bonchev–Trinajstić information content (AvgIpc) is 2.95. The molecule has 0 N–H and O–H groups in total. The molecule has 2 fully saturated rings. The summed E-state index contributed by atoms with van der Waals surface area (Å²) in [6.45, 7) is 8.51. The molecule has 37 heavy (non-hydrogen) atoms. The second-order valence-corrected chi connectivity index (χ2v) is 9.46. The third-order valence-corrected chi connectivity index (χ3v) is 7.04. The minimum atomic E-state index is 0.495. The van der Waals surface area contributed by atoms with Crippen molar-refractivity contribution in [1.82, 2.24) is 19.8 Å². The molecular formula is C27H34N10. The second kappa shape index (κ2) is 12.9. The van der Waals surface area contributed by atoms with Crippen LogP contribution >= 0.6 is 0 Å². The van der Waals surface area contributed by atoms with Gasteiger partial charge in [-0.15, -0.1) is 10.2 Å². The van der Waals surface area contributed by atoms with E-state index >= 15 is 0 Å². The molecule has 10 nitrogen and oxygen atoms in total. The summed E-state index contributed by atoms with van der Waals surface area (Å²) in [6, 6.07) is 19.6. The molecule has 4 rings (SSSR count). The highest BCUT2D eigenvalue weighted by Crippen LogP contribution is 2.24. The summed E-state index contributed by atoms with van der Waals surface area (Å²) in [5, 5.41) is 39.8. The van der Waals surface area contributed by atoms with Gasteiger partial charge in [-0.05, 0) is 74.2 Å². The van der Waals surface area contributed by atoms with E-state index in [4.69, 9.17) is 10.5 Å². The first-order valence-electron chi connectivity index (χ1n) is 12.9. The summed E-state index contributed by atoms with van der Waals surface area (Å²) in [4.78, 5) is 4.98. The highest BCUT2D eigenvalue weighted by Gasteiger charge is 2.31. The quantitative estimate of drug-likeness (QED) is 0.440. The molecule has 0 amide bonds. The Bertz CT molecular complexity index is 1050. The lowest BCUT2D eigenvalue weighted by molar-refractivity contribution is -0.0546. The number of rotatable bonds is 8. The van der Waals surface area contributed by atoms with Gasteiger partial charge in [0.05, 0.1) is 54.6 Å². The van der Waals surface area contributed by atoms with E-state index in [2.05, 4.69) is 56.5 Å². The first-order valence-corrected chi connectivity index (χ1v) is 12.9. The van der Waals surface area contributed by atoms with Gasteiger partial charge in [0.15, 0.2) is 0 Å². The van der Waals surface area contributed by atoms with Crippen molar-refractivity contribution in [3.63, 3.8) is 0 Å². The van der Waals surface area contributed by atoms with Crippen molar-refractivity contribution in [3.8, 4) is 12.1 Å². The van der Waals surface area contributed by atoms with Crippen LogP contribution in [0.25, 0.3) is 0 Å². The molecule has 2 aliphatic rings. The highest BCUT2D eigenvalue weighted by molar-refractivity contribution is 5.42. The molecule has 2 aromatic carbocycles. The molecule has 0 radical (unpaired) electrons. The number of nitriles is 2. The zero-order chi connectivity index (χ0) is 26.0. The van der Waals surface area contributed by atoms with Crippen molar-refractivity contribution >= 4 is 11.4 Å². The third kappa shape index (κ3) is 7.10. The van der Waals surface area contributed by atoms with Crippen LogP contribution in [0.1, 0.15) is 50.7 Å². The van der Waals surface area contributed by atoms with Gasteiger partial charge >= 0.3 is 0 Å². The molecule has 2 heterocycles. The number of hydrogen-bond acceptors (Lipinski definition) is 8. The fourth-order valence-corrected chi connectivity index (χ4v) is 4.81. The fourth-order valence-electron chi connectivity index (χ4n) is 4.81. The first kappa shape index (κ1) is 26.2. The third-order valence-electron chi connectivity index (χ3n) is 7.04. The average molecular weight is 499 g/mol. The zero-order valence-electron chi connectivity index (χ0n) is 21.6. The largest absolute Gasteiger partial charge is 0.268 e. The Morgan fingerprint density at radius 3 is 1.46 bits per heavy atom. The molecule has 0 aromatic heterocycles. The molecule has 192 valence electrons. The lowest BCUT2D eigenvalue weighted by Crippen LogP contribution is -2.57. The molecule has 0 bridgehead atoms. The van der Waals surface area contributed by atoms with E-state index in [-0.39, 0.29) is 0 Å². The van der Waals surface area contributed by atoms with Crippen LogP contribution in [0.15, 0.2) is 69.2 Å². The van der Waals surface area contributed by atoms with Gasteiger partial charge in [0.2, 0.25) is 0 Å². The Balaban J connectivity index is 1.39. The Morgan fingerprint density at radius 1 is 0.703 bits per heavy atom. The molecule has 2 unspecified atom stereocenters. The van der Waals surface area contributed by atoms with Crippen LogP contribution in [0.5, 0.6) is 0 Å². The van der Waals surface area contributed by atoms with E-state index in [1.165, 1.54) is 0 Å².